The summed E-state index contributed by atoms with van der Waals surface area (Å²) < 4.78 is 40.6. The van der Waals surface area contributed by atoms with Crippen molar-refractivity contribution in [2.45, 2.75) is 64.5 Å². The summed E-state index contributed by atoms with van der Waals surface area (Å²) in [6.07, 6.45) is 1.10. The van der Waals surface area contributed by atoms with Gasteiger partial charge in [-0.3, -0.25) is 0 Å². The predicted octanol–water partition coefficient (Wildman–Crippen LogP) is 4.16. The molecule has 0 aromatic heterocycles. The van der Waals surface area contributed by atoms with Gasteiger partial charge in [0.1, 0.15) is 11.4 Å². The van der Waals surface area contributed by atoms with E-state index in [1.165, 1.54) is 31.4 Å². The number of benzene rings is 1. The average molecular weight is 396 g/mol. The number of nitrogens with zero attached hydrogens (tertiary/aromatic N) is 1. The van der Waals surface area contributed by atoms with E-state index in [9.17, 15) is 13.2 Å². The molecule has 1 atom stereocenters. The zero-order chi connectivity index (χ0) is 20.4. The normalized spacial score (nSPS) is 25.4. The molecule has 1 aliphatic carbocycles. The van der Waals surface area contributed by atoms with Gasteiger partial charge >= 0.3 is 6.36 Å². The van der Waals surface area contributed by atoms with Crippen LogP contribution in [0, 0.1) is 5.92 Å². The number of nitrogens with two attached hydrogens (primary N) is 1. The molecular formula is C20H27F3N4O. The van der Waals surface area contributed by atoms with Crippen LogP contribution >= 0.6 is 0 Å². The van der Waals surface area contributed by atoms with Crippen LogP contribution in [0.3, 0.4) is 0 Å². The molecule has 28 heavy (non-hydrogen) atoms. The predicted molar refractivity (Wildman–Crippen MR) is 102 cm³/mol. The second-order valence-corrected chi connectivity index (χ2v) is 7.56. The highest BCUT2D eigenvalue weighted by molar-refractivity contribution is 5.84. The third-order valence-corrected chi connectivity index (χ3v) is 5.64. The molecule has 1 aromatic rings. The Kier molecular flexibility index (Phi) is 5.88. The van der Waals surface area contributed by atoms with Gasteiger partial charge in [0.15, 0.2) is 5.96 Å². The first-order valence-electron chi connectivity index (χ1n) is 9.58. The fourth-order valence-corrected chi connectivity index (χ4v) is 3.91. The van der Waals surface area contributed by atoms with Gasteiger partial charge in [0, 0.05) is 5.70 Å². The van der Waals surface area contributed by atoms with Crippen molar-refractivity contribution in [1.29, 1.82) is 0 Å². The van der Waals surface area contributed by atoms with Gasteiger partial charge in [0.2, 0.25) is 0 Å². The zero-order valence-corrected chi connectivity index (χ0v) is 16.2. The maximum Gasteiger partial charge on any atom is 0.573 e. The van der Waals surface area contributed by atoms with Gasteiger partial charge in [-0.05, 0) is 55.9 Å². The van der Waals surface area contributed by atoms with Crippen LogP contribution in [0.15, 0.2) is 40.5 Å². The Labute approximate surface area is 163 Å². The minimum Gasteiger partial charge on any atom is -0.406 e. The standard InChI is InChI=1S/C20H27F3N4O/c1-13-14(2)26-18(27-19(13,24)16-6-4-3-5-7-16)25-12-15-8-10-17(11-9-15)28-20(21,22)23/h8-11,16H,3-7,12,24H2,1-2H3,(H2,25,26,27). The number of alkyl halides is 3. The van der Waals surface area contributed by atoms with Crippen molar-refractivity contribution < 1.29 is 17.9 Å². The summed E-state index contributed by atoms with van der Waals surface area (Å²) in [5, 5.41) is 6.62. The van der Waals surface area contributed by atoms with E-state index >= 15 is 0 Å². The van der Waals surface area contributed by atoms with E-state index in [2.05, 4.69) is 20.4 Å². The lowest BCUT2D eigenvalue weighted by Gasteiger charge is -2.45. The number of guanidine groups is 1. The molecule has 8 heteroatoms. The van der Waals surface area contributed by atoms with Gasteiger partial charge in [0.05, 0.1) is 6.54 Å². The Morgan fingerprint density at radius 3 is 2.39 bits per heavy atom. The molecule has 5 nitrogen and oxygen atoms in total. The van der Waals surface area contributed by atoms with Crippen molar-refractivity contribution in [3.8, 4) is 5.75 Å². The Morgan fingerprint density at radius 1 is 1.14 bits per heavy atom. The molecule has 1 heterocycles. The summed E-state index contributed by atoms with van der Waals surface area (Å²) in [6.45, 7) is 4.34. The smallest absolute Gasteiger partial charge is 0.406 e. The molecule has 0 bridgehead atoms. The van der Waals surface area contributed by atoms with Gasteiger partial charge in [-0.25, -0.2) is 4.99 Å². The van der Waals surface area contributed by atoms with E-state index in [0.717, 1.165) is 29.7 Å². The van der Waals surface area contributed by atoms with Crippen molar-refractivity contribution in [2.24, 2.45) is 16.6 Å². The Hall–Kier alpha value is -2.22. The van der Waals surface area contributed by atoms with Gasteiger partial charge < -0.3 is 21.1 Å². The molecule has 0 radical (unpaired) electrons. The minimum absolute atomic E-state index is 0.245. The van der Waals surface area contributed by atoms with Crippen molar-refractivity contribution in [2.75, 3.05) is 0 Å². The molecule has 1 fully saturated rings. The second kappa shape index (κ2) is 8.03. The van der Waals surface area contributed by atoms with Crippen LogP contribution in [-0.2, 0) is 6.54 Å². The highest BCUT2D eigenvalue weighted by Crippen LogP contribution is 2.35. The Balaban J connectivity index is 1.70. The van der Waals surface area contributed by atoms with Crippen molar-refractivity contribution in [1.82, 2.24) is 10.6 Å². The van der Waals surface area contributed by atoms with Crippen LogP contribution < -0.4 is 21.1 Å². The molecule has 1 saturated carbocycles. The lowest BCUT2D eigenvalue weighted by Crippen LogP contribution is -2.67. The number of aliphatic imine (C=N–C) groups is 1. The number of hydrogen-bond acceptors (Lipinski definition) is 3. The molecule has 1 unspecified atom stereocenters. The Morgan fingerprint density at radius 2 is 1.79 bits per heavy atom. The van der Waals surface area contributed by atoms with Crippen LogP contribution in [0.4, 0.5) is 13.2 Å². The van der Waals surface area contributed by atoms with Crippen LogP contribution in [0.1, 0.15) is 51.5 Å². The molecule has 1 aliphatic heterocycles. The lowest BCUT2D eigenvalue weighted by atomic mass is 9.76. The fraction of sp³-hybridized carbons (Fsp3) is 0.550. The average Bonchev–Trinajstić information content (AvgIpc) is 2.65. The number of halogens is 3. The summed E-state index contributed by atoms with van der Waals surface area (Å²) in [5.74, 6) is 0.694. The van der Waals surface area contributed by atoms with E-state index in [1.807, 2.05) is 13.8 Å². The van der Waals surface area contributed by atoms with E-state index < -0.39 is 12.0 Å². The molecular weight excluding hydrogens is 369 g/mol. The van der Waals surface area contributed by atoms with E-state index in [0.29, 0.717) is 18.4 Å². The fourth-order valence-electron chi connectivity index (χ4n) is 3.91. The third-order valence-electron chi connectivity index (χ3n) is 5.64. The van der Waals surface area contributed by atoms with Crippen LogP contribution in [-0.4, -0.2) is 18.0 Å². The highest BCUT2D eigenvalue weighted by Gasteiger charge is 2.41. The van der Waals surface area contributed by atoms with Crippen LogP contribution in [0.25, 0.3) is 0 Å². The van der Waals surface area contributed by atoms with E-state index in [1.54, 1.807) is 12.1 Å². The first-order chi connectivity index (χ1) is 13.2. The molecule has 3 rings (SSSR count). The topological polar surface area (TPSA) is 71.7 Å². The lowest BCUT2D eigenvalue weighted by molar-refractivity contribution is -0.274. The first kappa shape index (κ1) is 20.5. The Bertz CT molecular complexity index is 752. The molecule has 154 valence electrons. The van der Waals surface area contributed by atoms with Gasteiger partial charge in [0.25, 0.3) is 0 Å². The van der Waals surface area contributed by atoms with E-state index in [-0.39, 0.29) is 5.75 Å². The van der Waals surface area contributed by atoms with Crippen molar-refractivity contribution >= 4 is 5.96 Å². The minimum atomic E-state index is -4.69. The molecule has 1 aromatic carbocycles. The molecule has 0 spiro atoms. The summed E-state index contributed by atoms with van der Waals surface area (Å²) in [6, 6.07) is 5.71. The zero-order valence-electron chi connectivity index (χ0n) is 16.2. The van der Waals surface area contributed by atoms with E-state index in [4.69, 9.17) is 5.73 Å². The second-order valence-electron chi connectivity index (χ2n) is 7.56. The molecule has 0 saturated heterocycles. The SMILES string of the molecule is CC1=C(C)C(N)(C2CCCCC2)NC(=NCc2ccc(OC(F)(F)F)cc2)N1. The number of allylic oxidation sites excluding steroid dienone is 1. The quantitative estimate of drug-likeness (QED) is 0.715. The highest BCUT2D eigenvalue weighted by atomic mass is 19.4. The summed E-state index contributed by atoms with van der Waals surface area (Å²) in [5.41, 5.74) is 9.02. The molecule has 2 aliphatic rings. The van der Waals surface area contributed by atoms with Crippen molar-refractivity contribution in [3.63, 3.8) is 0 Å². The third kappa shape index (κ3) is 4.79. The van der Waals surface area contributed by atoms with Gasteiger partial charge in [-0.2, -0.15) is 0 Å². The summed E-state index contributed by atoms with van der Waals surface area (Å²) >= 11 is 0. The first-order valence-corrected chi connectivity index (χ1v) is 9.58. The number of rotatable bonds is 4. The van der Waals surface area contributed by atoms with Crippen molar-refractivity contribution in [3.05, 3.63) is 41.1 Å². The number of nitrogens with one attached hydrogen (secondary N) is 2. The van der Waals surface area contributed by atoms with Gasteiger partial charge in [-0.1, -0.05) is 31.4 Å². The molecule has 0 amide bonds. The molecule has 4 N–H and O–H groups in total. The maximum atomic E-state index is 12.3. The monoisotopic (exact) mass is 396 g/mol. The van der Waals surface area contributed by atoms with Crippen LogP contribution in [0.2, 0.25) is 0 Å². The summed E-state index contributed by atoms with van der Waals surface area (Å²) in [7, 11) is 0. The largest absolute Gasteiger partial charge is 0.573 e. The van der Waals surface area contributed by atoms with Crippen LogP contribution in [0.5, 0.6) is 5.75 Å². The number of ether oxygens (including phenoxy) is 1. The number of hydrogen-bond donors (Lipinski definition) is 3. The summed E-state index contributed by atoms with van der Waals surface area (Å²) in [4.78, 5) is 4.55. The van der Waals surface area contributed by atoms with Gasteiger partial charge in [-0.15, -0.1) is 13.2 Å². The maximum absolute atomic E-state index is 12.3.